The van der Waals surface area contributed by atoms with Crippen LogP contribution in [0.15, 0.2) is 39.4 Å². The molecule has 0 aliphatic carbocycles. The summed E-state index contributed by atoms with van der Waals surface area (Å²) in [5.74, 6) is 5.18. The standard InChI is InChI=1S/C12H10BrClN2O3/c13-8-1-2-9(14)10(5-8)19-6-7-3-4-18-11(7)12(17)16-15/h1-5H,6,15H2,(H,16,17). The van der Waals surface area contributed by atoms with Gasteiger partial charge in [-0.1, -0.05) is 27.5 Å². The van der Waals surface area contributed by atoms with Gasteiger partial charge in [-0.2, -0.15) is 0 Å². The van der Waals surface area contributed by atoms with Crippen LogP contribution in [0.25, 0.3) is 0 Å². The summed E-state index contributed by atoms with van der Waals surface area (Å²) in [6.07, 6.45) is 1.39. The first-order valence-corrected chi connectivity index (χ1v) is 6.44. The number of nitrogens with one attached hydrogen (secondary N) is 1. The number of amides is 1. The van der Waals surface area contributed by atoms with Crippen LogP contribution in [0.3, 0.4) is 0 Å². The Morgan fingerprint density at radius 2 is 2.26 bits per heavy atom. The summed E-state index contributed by atoms with van der Waals surface area (Å²) < 4.78 is 11.4. The number of benzene rings is 1. The van der Waals surface area contributed by atoms with Gasteiger partial charge in [0.15, 0.2) is 5.76 Å². The van der Waals surface area contributed by atoms with Crippen molar-refractivity contribution in [2.24, 2.45) is 5.84 Å². The summed E-state index contributed by atoms with van der Waals surface area (Å²) in [4.78, 5) is 11.4. The van der Waals surface area contributed by atoms with Gasteiger partial charge in [-0.15, -0.1) is 0 Å². The third kappa shape index (κ3) is 3.28. The van der Waals surface area contributed by atoms with E-state index in [1.54, 1.807) is 24.3 Å². The molecule has 1 heterocycles. The zero-order valence-corrected chi connectivity index (χ0v) is 12.0. The number of nitrogens with two attached hydrogens (primary N) is 1. The average molecular weight is 346 g/mol. The Labute approximate surface area is 122 Å². The van der Waals surface area contributed by atoms with Crippen molar-refractivity contribution < 1.29 is 13.9 Å². The molecule has 0 aliphatic rings. The SMILES string of the molecule is NNC(=O)c1occc1COc1cc(Br)ccc1Cl. The number of furan rings is 1. The van der Waals surface area contributed by atoms with Crippen LogP contribution in [0.2, 0.25) is 5.02 Å². The predicted octanol–water partition coefficient (Wildman–Crippen LogP) is 2.88. The minimum atomic E-state index is -0.510. The van der Waals surface area contributed by atoms with E-state index in [1.165, 1.54) is 6.26 Å². The number of hydrogen-bond donors (Lipinski definition) is 2. The van der Waals surface area contributed by atoms with Gasteiger partial charge in [0.1, 0.15) is 12.4 Å². The Hall–Kier alpha value is -1.50. The lowest BCUT2D eigenvalue weighted by atomic mass is 10.2. The van der Waals surface area contributed by atoms with Crippen LogP contribution >= 0.6 is 27.5 Å². The molecule has 3 N–H and O–H groups in total. The second-order valence-electron chi connectivity index (χ2n) is 3.61. The first-order valence-electron chi connectivity index (χ1n) is 5.27. The fraction of sp³-hybridized carbons (Fsp3) is 0.0833. The van der Waals surface area contributed by atoms with E-state index >= 15 is 0 Å². The number of nitrogen functional groups attached to an aromatic ring is 1. The largest absolute Gasteiger partial charge is 0.487 e. The lowest BCUT2D eigenvalue weighted by Crippen LogP contribution is -2.30. The highest BCUT2D eigenvalue weighted by Crippen LogP contribution is 2.28. The van der Waals surface area contributed by atoms with Crippen LogP contribution in [0, 0.1) is 0 Å². The van der Waals surface area contributed by atoms with Crippen molar-refractivity contribution in [2.45, 2.75) is 6.61 Å². The van der Waals surface area contributed by atoms with E-state index in [9.17, 15) is 4.79 Å². The number of hydrogen-bond acceptors (Lipinski definition) is 4. The van der Waals surface area contributed by atoms with Gasteiger partial charge in [0.05, 0.1) is 11.3 Å². The molecule has 1 amide bonds. The number of carbonyl (C=O) groups excluding carboxylic acids is 1. The van der Waals surface area contributed by atoms with Crippen LogP contribution < -0.4 is 16.0 Å². The molecule has 0 atom stereocenters. The minimum absolute atomic E-state index is 0.119. The van der Waals surface area contributed by atoms with Gasteiger partial charge >= 0.3 is 5.91 Å². The van der Waals surface area contributed by atoms with Crippen molar-refractivity contribution in [3.05, 3.63) is 51.3 Å². The van der Waals surface area contributed by atoms with E-state index in [-0.39, 0.29) is 12.4 Å². The molecule has 0 bridgehead atoms. The zero-order valence-electron chi connectivity index (χ0n) is 9.65. The second kappa shape index (κ2) is 6.10. The first kappa shape index (κ1) is 13.9. The monoisotopic (exact) mass is 344 g/mol. The molecule has 5 nitrogen and oxygen atoms in total. The Balaban J connectivity index is 2.13. The number of ether oxygens (including phenoxy) is 1. The van der Waals surface area contributed by atoms with Gasteiger partial charge in [-0.25, -0.2) is 5.84 Å². The van der Waals surface area contributed by atoms with Crippen LogP contribution in [0.5, 0.6) is 5.75 Å². The molecule has 0 saturated heterocycles. The quantitative estimate of drug-likeness (QED) is 0.507. The summed E-state index contributed by atoms with van der Waals surface area (Å²) >= 11 is 9.32. The van der Waals surface area contributed by atoms with Crippen LogP contribution in [-0.4, -0.2) is 5.91 Å². The zero-order chi connectivity index (χ0) is 13.8. The predicted molar refractivity (Wildman–Crippen MR) is 73.8 cm³/mol. The third-order valence-corrected chi connectivity index (χ3v) is 3.17. The van der Waals surface area contributed by atoms with Gasteiger partial charge in [0.2, 0.25) is 0 Å². The lowest BCUT2D eigenvalue weighted by molar-refractivity contribution is 0.0922. The molecule has 0 aliphatic heterocycles. The molecule has 1 aromatic heterocycles. The molecular formula is C12H10BrClN2O3. The molecule has 0 unspecified atom stereocenters. The van der Waals surface area contributed by atoms with Gasteiger partial charge in [-0.3, -0.25) is 10.2 Å². The molecule has 0 saturated carbocycles. The molecule has 1 aromatic carbocycles. The third-order valence-electron chi connectivity index (χ3n) is 2.36. The summed E-state index contributed by atoms with van der Waals surface area (Å²) in [5.41, 5.74) is 2.59. The highest BCUT2D eigenvalue weighted by Gasteiger charge is 2.15. The van der Waals surface area contributed by atoms with Crippen molar-refractivity contribution in [1.82, 2.24) is 5.43 Å². The Morgan fingerprint density at radius 1 is 1.47 bits per heavy atom. The Kier molecular flexibility index (Phi) is 4.47. The van der Waals surface area contributed by atoms with E-state index in [1.807, 2.05) is 5.43 Å². The Morgan fingerprint density at radius 3 is 3.00 bits per heavy atom. The summed E-state index contributed by atoms with van der Waals surface area (Å²) in [6.45, 7) is 0.148. The van der Waals surface area contributed by atoms with E-state index in [4.69, 9.17) is 26.6 Å². The molecule has 100 valence electrons. The van der Waals surface area contributed by atoms with E-state index in [0.29, 0.717) is 16.3 Å². The second-order valence-corrected chi connectivity index (χ2v) is 4.93. The first-order chi connectivity index (χ1) is 9.11. The molecule has 2 rings (SSSR count). The molecule has 7 heteroatoms. The van der Waals surface area contributed by atoms with Crippen molar-refractivity contribution in [2.75, 3.05) is 0 Å². The topological polar surface area (TPSA) is 77.5 Å². The summed E-state index contributed by atoms with van der Waals surface area (Å²) in [6, 6.07) is 6.89. The van der Waals surface area contributed by atoms with Gasteiger partial charge in [0.25, 0.3) is 0 Å². The van der Waals surface area contributed by atoms with Crippen molar-refractivity contribution in [1.29, 1.82) is 0 Å². The van der Waals surface area contributed by atoms with Crippen molar-refractivity contribution in [3.63, 3.8) is 0 Å². The van der Waals surface area contributed by atoms with Gasteiger partial charge in [-0.05, 0) is 24.3 Å². The normalized spacial score (nSPS) is 10.3. The van der Waals surface area contributed by atoms with Crippen LogP contribution in [0.4, 0.5) is 0 Å². The van der Waals surface area contributed by atoms with Crippen molar-refractivity contribution >= 4 is 33.4 Å². The molecule has 0 spiro atoms. The van der Waals surface area contributed by atoms with Crippen molar-refractivity contribution in [3.8, 4) is 5.75 Å². The van der Waals surface area contributed by atoms with Crippen LogP contribution in [-0.2, 0) is 6.61 Å². The van der Waals surface area contributed by atoms with E-state index < -0.39 is 5.91 Å². The fourth-order valence-corrected chi connectivity index (χ4v) is 1.97. The van der Waals surface area contributed by atoms with Gasteiger partial charge in [0, 0.05) is 10.0 Å². The maximum absolute atomic E-state index is 11.4. The highest BCUT2D eigenvalue weighted by molar-refractivity contribution is 9.10. The van der Waals surface area contributed by atoms with Crippen LogP contribution in [0.1, 0.15) is 16.1 Å². The molecule has 2 aromatic rings. The highest BCUT2D eigenvalue weighted by atomic mass is 79.9. The smallest absolute Gasteiger partial charge is 0.301 e. The Bertz CT molecular complexity index is 600. The minimum Gasteiger partial charge on any atom is -0.487 e. The summed E-state index contributed by atoms with van der Waals surface area (Å²) in [7, 11) is 0. The fourth-order valence-electron chi connectivity index (χ4n) is 1.46. The molecule has 0 fully saturated rings. The van der Waals surface area contributed by atoms with E-state index in [0.717, 1.165) is 4.47 Å². The average Bonchev–Trinajstić information content (AvgIpc) is 2.87. The number of carbonyl (C=O) groups is 1. The maximum atomic E-state index is 11.4. The molecule has 0 radical (unpaired) electrons. The number of halogens is 2. The van der Waals surface area contributed by atoms with Gasteiger partial charge < -0.3 is 9.15 Å². The molecule has 19 heavy (non-hydrogen) atoms. The lowest BCUT2D eigenvalue weighted by Gasteiger charge is -2.08. The number of hydrazine groups is 1. The number of rotatable bonds is 4. The maximum Gasteiger partial charge on any atom is 0.301 e. The van der Waals surface area contributed by atoms with E-state index in [2.05, 4.69) is 15.9 Å². The molecular weight excluding hydrogens is 336 g/mol. The summed E-state index contributed by atoms with van der Waals surface area (Å²) in [5, 5.41) is 0.483.